The molecule has 1 aliphatic heterocycles. The van der Waals surface area contributed by atoms with Crippen LogP contribution in [0, 0.1) is 0 Å². The summed E-state index contributed by atoms with van der Waals surface area (Å²) in [6.45, 7) is 1.73. The number of halogens is 3. The van der Waals surface area contributed by atoms with Crippen LogP contribution in [0.15, 0.2) is 46.9 Å². The number of urea groups is 1. The summed E-state index contributed by atoms with van der Waals surface area (Å²) in [4.78, 5) is 28.9. The van der Waals surface area contributed by atoms with Crippen molar-refractivity contribution in [2.24, 2.45) is 0 Å². The van der Waals surface area contributed by atoms with Crippen molar-refractivity contribution in [3.8, 4) is 0 Å². The Morgan fingerprint density at radius 1 is 1.07 bits per heavy atom. The lowest BCUT2D eigenvalue weighted by atomic mass is 9.91. The van der Waals surface area contributed by atoms with Gasteiger partial charge in [-0.05, 0) is 42.8 Å². The number of imide groups is 1. The molecule has 2 aromatic rings. The molecule has 0 bridgehead atoms. The number of methoxy groups -OCH3 is 1. The van der Waals surface area contributed by atoms with Crippen molar-refractivity contribution >= 4 is 56.8 Å². The third-order valence-electron chi connectivity index (χ3n) is 4.51. The number of anilines is 1. The van der Waals surface area contributed by atoms with Crippen LogP contribution in [-0.4, -0.2) is 36.2 Å². The number of ether oxygens (including phenoxy) is 1. The molecule has 0 aromatic heterocycles. The average Bonchev–Trinajstić information content (AvgIpc) is 2.77. The minimum absolute atomic E-state index is 0.0115. The van der Waals surface area contributed by atoms with E-state index in [0.717, 1.165) is 14.9 Å². The zero-order valence-corrected chi connectivity index (χ0v) is 17.8. The lowest BCUT2D eigenvalue weighted by molar-refractivity contribution is -0.125. The van der Waals surface area contributed by atoms with Gasteiger partial charge in [0.25, 0.3) is 5.91 Å². The van der Waals surface area contributed by atoms with Crippen molar-refractivity contribution in [2.75, 3.05) is 18.7 Å². The number of carbonyl (C=O) groups is 2. The van der Waals surface area contributed by atoms with Gasteiger partial charge < -0.3 is 4.74 Å². The molecule has 5 nitrogen and oxygen atoms in total. The molecule has 8 heteroatoms. The number of carbonyl (C=O) groups excluding carboxylic acids is 2. The maximum Gasteiger partial charge on any atom is 0.334 e. The number of hydrogen-bond donors (Lipinski definition) is 0. The van der Waals surface area contributed by atoms with Crippen LogP contribution in [0.4, 0.5) is 10.5 Å². The molecule has 0 spiro atoms. The van der Waals surface area contributed by atoms with E-state index in [4.69, 9.17) is 27.9 Å². The molecule has 1 unspecified atom stereocenters. The Kier molecular flexibility index (Phi) is 5.82. The number of benzene rings is 2. The molecule has 3 rings (SSSR count). The van der Waals surface area contributed by atoms with Crippen molar-refractivity contribution in [1.29, 1.82) is 0 Å². The predicted octanol–water partition coefficient (Wildman–Crippen LogP) is 5.13. The summed E-state index contributed by atoms with van der Waals surface area (Å²) in [5.74, 6) is -0.356. The van der Waals surface area contributed by atoms with Crippen LogP contribution in [0.1, 0.15) is 12.5 Å². The van der Waals surface area contributed by atoms with Crippen molar-refractivity contribution in [3.63, 3.8) is 0 Å². The molecule has 1 atom stereocenters. The fourth-order valence-corrected chi connectivity index (χ4v) is 3.95. The summed E-state index contributed by atoms with van der Waals surface area (Å²) in [6.07, 6.45) is 0.346. The summed E-state index contributed by atoms with van der Waals surface area (Å²) < 4.78 is 6.13. The number of nitrogens with zero attached hydrogens (tertiary/aromatic N) is 2. The molecule has 3 amide bonds. The number of amides is 3. The smallest absolute Gasteiger partial charge is 0.334 e. The first-order valence-corrected chi connectivity index (χ1v) is 9.67. The molecule has 0 saturated carbocycles. The Labute approximate surface area is 175 Å². The maximum atomic E-state index is 13.3. The highest BCUT2D eigenvalue weighted by atomic mass is 79.9. The molecular weight excluding hydrogens is 455 g/mol. The Bertz CT molecular complexity index is 871. The van der Waals surface area contributed by atoms with Crippen LogP contribution in [-0.2, 0) is 16.0 Å². The van der Waals surface area contributed by atoms with Gasteiger partial charge in [0.05, 0.1) is 5.69 Å². The topological polar surface area (TPSA) is 49.9 Å². The fraction of sp³-hybridized carbons (Fsp3) is 0.263. The summed E-state index contributed by atoms with van der Waals surface area (Å²) in [5, 5.41) is 0.691. The lowest BCUT2D eigenvalue weighted by Crippen LogP contribution is -2.49. The lowest BCUT2D eigenvalue weighted by Gasteiger charge is -2.31. The molecule has 2 aromatic carbocycles. The SMILES string of the molecule is COCN1C(=O)N(c2cc(Cl)cc(Cl)c2)C(=O)C1(C)Cc1ccc(Br)cc1. The van der Waals surface area contributed by atoms with Gasteiger partial charge in [-0.1, -0.05) is 51.3 Å². The standard InChI is InChI=1S/C19H17BrCl2N2O3/c1-19(10-12-3-5-13(20)6-4-12)17(25)24(18(26)23(19)11-27-2)16-8-14(21)7-15(22)9-16/h3-9H,10-11H2,1-2H3. The Morgan fingerprint density at radius 3 is 2.22 bits per heavy atom. The van der Waals surface area contributed by atoms with Crippen LogP contribution in [0.3, 0.4) is 0 Å². The summed E-state index contributed by atoms with van der Waals surface area (Å²) in [7, 11) is 1.48. The zero-order chi connectivity index (χ0) is 19.8. The normalized spacial score (nSPS) is 19.9. The van der Waals surface area contributed by atoms with Crippen LogP contribution in [0.25, 0.3) is 0 Å². The molecule has 1 aliphatic rings. The van der Waals surface area contributed by atoms with E-state index >= 15 is 0 Å². The molecule has 0 N–H and O–H groups in total. The van der Waals surface area contributed by atoms with Gasteiger partial charge in [0, 0.05) is 28.0 Å². The minimum Gasteiger partial charge on any atom is -0.364 e. The van der Waals surface area contributed by atoms with E-state index in [1.54, 1.807) is 25.1 Å². The summed E-state index contributed by atoms with van der Waals surface area (Å²) in [5.41, 5.74) is 0.160. The van der Waals surface area contributed by atoms with Gasteiger partial charge in [-0.25, -0.2) is 9.69 Å². The van der Waals surface area contributed by atoms with Crippen LogP contribution < -0.4 is 4.90 Å². The van der Waals surface area contributed by atoms with Crippen LogP contribution in [0.2, 0.25) is 10.0 Å². The Balaban J connectivity index is 2.02. The second kappa shape index (κ2) is 7.80. The zero-order valence-electron chi connectivity index (χ0n) is 14.7. The number of rotatable bonds is 5. The van der Waals surface area contributed by atoms with E-state index in [1.165, 1.54) is 12.0 Å². The molecule has 0 aliphatic carbocycles. The molecule has 27 heavy (non-hydrogen) atoms. The molecule has 0 radical (unpaired) electrons. The molecule has 1 heterocycles. The quantitative estimate of drug-likeness (QED) is 0.568. The second-order valence-electron chi connectivity index (χ2n) is 6.47. The molecule has 142 valence electrons. The van der Waals surface area contributed by atoms with Crippen LogP contribution >= 0.6 is 39.1 Å². The first kappa shape index (κ1) is 20.1. The molecular formula is C19H17BrCl2N2O3. The van der Waals surface area contributed by atoms with Gasteiger partial charge in [0.2, 0.25) is 0 Å². The monoisotopic (exact) mass is 470 g/mol. The van der Waals surface area contributed by atoms with E-state index in [0.29, 0.717) is 22.2 Å². The highest BCUT2D eigenvalue weighted by molar-refractivity contribution is 9.10. The third-order valence-corrected chi connectivity index (χ3v) is 5.47. The van der Waals surface area contributed by atoms with E-state index < -0.39 is 11.6 Å². The third kappa shape index (κ3) is 3.85. The Hall–Kier alpha value is -1.60. The van der Waals surface area contributed by atoms with Gasteiger partial charge in [-0.15, -0.1) is 0 Å². The predicted molar refractivity (Wildman–Crippen MR) is 109 cm³/mol. The van der Waals surface area contributed by atoms with Crippen molar-refractivity contribution in [2.45, 2.75) is 18.9 Å². The summed E-state index contributed by atoms with van der Waals surface area (Å²) in [6, 6.07) is 11.8. The van der Waals surface area contributed by atoms with E-state index in [2.05, 4.69) is 15.9 Å². The molecule has 1 fully saturated rings. The highest BCUT2D eigenvalue weighted by Gasteiger charge is 2.54. The van der Waals surface area contributed by atoms with Crippen LogP contribution in [0.5, 0.6) is 0 Å². The van der Waals surface area contributed by atoms with Gasteiger partial charge in [0.15, 0.2) is 0 Å². The number of hydrogen-bond acceptors (Lipinski definition) is 3. The van der Waals surface area contributed by atoms with E-state index in [-0.39, 0.29) is 12.6 Å². The van der Waals surface area contributed by atoms with E-state index in [9.17, 15) is 9.59 Å². The average molecular weight is 472 g/mol. The highest BCUT2D eigenvalue weighted by Crippen LogP contribution is 2.36. The van der Waals surface area contributed by atoms with Crippen molar-refractivity contribution in [3.05, 3.63) is 62.5 Å². The minimum atomic E-state index is -1.10. The Morgan fingerprint density at radius 2 is 1.67 bits per heavy atom. The van der Waals surface area contributed by atoms with Gasteiger partial charge in [0.1, 0.15) is 12.3 Å². The van der Waals surface area contributed by atoms with Gasteiger partial charge >= 0.3 is 6.03 Å². The van der Waals surface area contributed by atoms with Gasteiger partial charge in [-0.3, -0.25) is 9.69 Å². The first-order valence-electron chi connectivity index (χ1n) is 8.12. The van der Waals surface area contributed by atoms with Gasteiger partial charge in [-0.2, -0.15) is 0 Å². The molecule has 1 saturated heterocycles. The fourth-order valence-electron chi connectivity index (χ4n) is 3.17. The first-order chi connectivity index (χ1) is 12.8. The maximum absolute atomic E-state index is 13.3. The second-order valence-corrected chi connectivity index (χ2v) is 8.26. The van der Waals surface area contributed by atoms with Crippen molar-refractivity contribution in [1.82, 2.24) is 4.90 Å². The summed E-state index contributed by atoms with van der Waals surface area (Å²) >= 11 is 15.5. The van der Waals surface area contributed by atoms with Crippen molar-refractivity contribution < 1.29 is 14.3 Å². The van der Waals surface area contributed by atoms with E-state index in [1.807, 2.05) is 24.3 Å². The largest absolute Gasteiger partial charge is 0.364 e.